The van der Waals surface area contributed by atoms with Crippen LogP contribution in [0.4, 0.5) is 0 Å². The second-order valence-corrected chi connectivity index (χ2v) is 5.59. The quantitative estimate of drug-likeness (QED) is 0.530. The van der Waals surface area contributed by atoms with Crippen LogP contribution in [0.1, 0.15) is 5.56 Å². The molecule has 0 atom stereocenters. The molecule has 0 fully saturated rings. The van der Waals surface area contributed by atoms with Gasteiger partial charge in [0.15, 0.2) is 0 Å². The van der Waals surface area contributed by atoms with E-state index < -0.39 is 0 Å². The van der Waals surface area contributed by atoms with Gasteiger partial charge in [0.1, 0.15) is 17.1 Å². The molecular weight excluding hydrogens is 322 g/mol. The van der Waals surface area contributed by atoms with Crippen molar-refractivity contribution < 1.29 is 14.9 Å². The Kier molecular flexibility index (Phi) is 3.31. The predicted molar refractivity (Wildman–Crippen MR) is 91.1 cm³/mol. The highest BCUT2D eigenvalue weighted by Gasteiger charge is 2.22. The van der Waals surface area contributed by atoms with Crippen LogP contribution in [0.5, 0.6) is 17.5 Å². The van der Waals surface area contributed by atoms with Crippen LogP contribution < -0.4 is 4.74 Å². The van der Waals surface area contributed by atoms with Gasteiger partial charge in [0.25, 0.3) is 0 Å². The van der Waals surface area contributed by atoms with Gasteiger partial charge in [-0.25, -0.2) is 9.55 Å². The molecule has 0 saturated heterocycles. The van der Waals surface area contributed by atoms with E-state index in [1.807, 2.05) is 19.1 Å². The van der Waals surface area contributed by atoms with Crippen LogP contribution in [0.3, 0.4) is 0 Å². The number of nitrogens with one attached hydrogen (secondary N) is 1. The van der Waals surface area contributed by atoms with E-state index in [0.717, 1.165) is 11.1 Å². The van der Waals surface area contributed by atoms with Gasteiger partial charge in [-0.1, -0.05) is 0 Å². The van der Waals surface area contributed by atoms with Crippen LogP contribution in [0.25, 0.3) is 28.0 Å². The number of pyridine rings is 2. The van der Waals surface area contributed by atoms with Crippen LogP contribution in [0.15, 0.2) is 36.8 Å². The molecule has 0 unspecified atom stereocenters. The molecule has 0 aliphatic heterocycles. The SMILES string of the molecule is COc1cncc(-c2cc(C)c3c(O)n(-c4ccn[nH]4)c(O)c3n2)c1. The number of aromatic nitrogens is 5. The lowest BCUT2D eigenvalue weighted by Crippen LogP contribution is -1.92. The summed E-state index contributed by atoms with van der Waals surface area (Å²) in [4.78, 5) is 8.64. The minimum absolute atomic E-state index is 0.0999. The first kappa shape index (κ1) is 15.0. The highest BCUT2D eigenvalue weighted by atomic mass is 16.5. The summed E-state index contributed by atoms with van der Waals surface area (Å²) < 4.78 is 6.46. The number of H-pyrrole nitrogens is 1. The standard InChI is InChI=1S/C17H15N5O3/c1-9-5-12(10-6-11(25-2)8-18-7-10)20-15-14(9)16(23)22(17(15)24)13-3-4-19-21-13/h3-8,23-24H,1-2H3,(H,19,21). The molecule has 0 amide bonds. The van der Waals surface area contributed by atoms with E-state index in [1.165, 1.54) is 10.8 Å². The van der Waals surface area contributed by atoms with Gasteiger partial charge in [-0.05, 0) is 24.6 Å². The smallest absolute Gasteiger partial charge is 0.227 e. The van der Waals surface area contributed by atoms with Crippen LogP contribution in [0.2, 0.25) is 0 Å². The summed E-state index contributed by atoms with van der Waals surface area (Å²) in [6.45, 7) is 1.84. The predicted octanol–water partition coefficient (Wildman–Crippen LogP) is 2.54. The average Bonchev–Trinajstić information content (AvgIpc) is 3.22. The summed E-state index contributed by atoms with van der Waals surface area (Å²) >= 11 is 0. The molecule has 25 heavy (non-hydrogen) atoms. The molecule has 4 aromatic heterocycles. The Balaban J connectivity index is 1.97. The topological polar surface area (TPSA) is 109 Å². The number of fused-ring (bicyclic) bond motifs is 1. The van der Waals surface area contributed by atoms with Gasteiger partial charge in [0.2, 0.25) is 11.8 Å². The molecule has 0 radical (unpaired) electrons. The Hall–Kier alpha value is -3.55. The summed E-state index contributed by atoms with van der Waals surface area (Å²) in [5, 5.41) is 28.2. The van der Waals surface area contributed by atoms with E-state index in [4.69, 9.17) is 4.74 Å². The molecular formula is C17H15N5O3. The van der Waals surface area contributed by atoms with Crippen molar-refractivity contribution in [1.82, 2.24) is 24.7 Å². The molecule has 0 saturated carbocycles. The molecule has 0 spiro atoms. The third-order valence-corrected chi connectivity index (χ3v) is 4.05. The third-order valence-electron chi connectivity index (χ3n) is 4.05. The number of aromatic hydroxyl groups is 2. The highest BCUT2D eigenvalue weighted by Crippen LogP contribution is 2.40. The summed E-state index contributed by atoms with van der Waals surface area (Å²) in [7, 11) is 1.57. The van der Waals surface area contributed by atoms with Gasteiger partial charge in [0.05, 0.1) is 30.6 Å². The van der Waals surface area contributed by atoms with E-state index >= 15 is 0 Å². The fourth-order valence-corrected chi connectivity index (χ4v) is 2.85. The van der Waals surface area contributed by atoms with E-state index in [2.05, 4.69) is 20.2 Å². The average molecular weight is 337 g/mol. The minimum atomic E-state index is -0.169. The summed E-state index contributed by atoms with van der Waals surface area (Å²) in [6.07, 6.45) is 4.80. The van der Waals surface area contributed by atoms with Crippen molar-refractivity contribution in [3.05, 3.63) is 42.4 Å². The fraction of sp³-hybridized carbons (Fsp3) is 0.118. The molecule has 0 aliphatic carbocycles. The number of nitrogens with zero attached hydrogens (tertiary/aromatic N) is 4. The first-order chi connectivity index (χ1) is 12.1. The molecule has 0 bridgehead atoms. The zero-order valence-corrected chi connectivity index (χ0v) is 13.6. The number of aryl methyl sites for hydroxylation is 1. The normalized spacial score (nSPS) is 11.1. The lowest BCUT2D eigenvalue weighted by Gasteiger charge is -2.05. The lowest BCUT2D eigenvalue weighted by atomic mass is 10.1. The lowest BCUT2D eigenvalue weighted by molar-refractivity contribution is 0.404. The maximum absolute atomic E-state index is 10.6. The van der Waals surface area contributed by atoms with Crippen molar-refractivity contribution in [2.45, 2.75) is 6.92 Å². The number of hydrogen-bond acceptors (Lipinski definition) is 6. The van der Waals surface area contributed by atoms with Crippen molar-refractivity contribution in [1.29, 1.82) is 0 Å². The monoisotopic (exact) mass is 337 g/mol. The second-order valence-electron chi connectivity index (χ2n) is 5.59. The van der Waals surface area contributed by atoms with Gasteiger partial charge in [-0.3, -0.25) is 10.1 Å². The second kappa shape index (κ2) is 5.52. The summed E-state index contributed by atoms with van der Waals surface area (Å²) in [5.74, 6) is 0.783. The largest absolute Gasteiger partial charge is 0.495 e. The van der Waals surface area contributed by atoms with E-state index in [1.54, 1.807) is 25.6 Å². The highest BCUT2D eigenvalue weighted by molar-refractivity contribution is 5.95. The maximum Gasteiger partial charge on any atom is 0.227 e. The molecule has 126 valence electrons. The Bertz CT molecular complexity index is 1070. The molecule has 4 aromatic rings. The van der Waals surface area contributed by atoms with Crippen LogP contribution >= 0.6 is 0 Å². The molecule has 4 heterocycles. The van der Waals surface area contributed by atoms with Crippen molar-refractivity contribution >= 4 is 10.9 Å². The molecule has 8 nitrogen and oxygen atoms in total. The number of hydrogen-bond donors (Lipinski definition) is 3. The van der Waals surface area contributed by atoms with Crippen LogP contribution in [-0.2, 0) is 0 Å². The van der Waals surface area contributed by atoms with Gasteiger partial charge >= 0.3 is 0 Å². The zero-order valence-electron chi connectivity index (χ0n) is 13.6. The number of aromatic amines is 1. The Morgan fingerprint density at radius 3 is 2.72 bits per heavy atom. The van der Waals surface area contributed by atoms with Gasteiger partial charge in [0, 0.05) is 17.8 Å². The third kappa shape index (κ3) is 2.26. The Labute approximate surface area is 142 Å². The summed E-state index contributed by atoms with van der Waals surface area (Å²) in [6, 6.07) is 5.28. The molecule has 4 rings (SSSR count). The van der Waals surface area contributed by atoms with E-state index in [9.17, 15) is 10.2 Å². The number of rotatable bonds is 3. The Morgan fingerprint density at radius 2 is 2.00 bits per heavy atom. The van der Waals surface area contributed by atoms with Crippen LogP contribution in [-0.4, -0.2) is 42.1 Å². The first-order valence-electron chi connectivity index (χ1n) is 7.53. The van der Waals surface area contributed by atoms with Gasteiger partial charge in [-0.15, -0.1) is 0 Å². The van der Waals surface area contributed by atoms with Crippen molar-refractivity contribution in [3.63, 3.8) is 0 Å². The van der Waals surface area contributed by atoms with Crippen molar-refractivity contribution in [2.24, 2.45) is 0 Å². The maximum atomic E-state index is 10.6. The molecule has 3 N–H and O–H groups in total. The number of ether oxygens (including phenoxy) is 1. The van der Waals surface area contributed by atoms with E-state index in [0.29, 0.717) is 28.2 Å². The fourth-order valence-electron chi connectivity index (χ4n) is 2.85. The Morgan fingerprint density at radius 1 is 1.16 bits per heavy atom. The molecule has 0 aromatic carbocycles. The minimum Gasteiger partial charge on any atom is -0.495 e. The van der Waals surface area contributed by atoms with Crippen LogP contribution in [0, 0.1) is 6.92 Å². The zero-order chi connectivity index (χ0) is 17.6. The summed E-state index contributed by atoms with van der Waals surface area (Å²) in [5.41, 5.74) is 2.43. The van der Waals surface area contributed by atoms with Crippen molar-refractivity contribution in [2.75, 3.05) is 7.11 Å². The molecule has 8 heteroatoms. The first-order valence-corrected chi connectivity index (χ1v) is 7.53. The number of methoxy groups -OCH3 is 1. The van der Waals surface area contributed by atoms with Gasteiger partial charge < -0.3 is 14.9 Å². The molecule has 0 aliphatic rings. The van der Waals surface area contributed by atoms with Gasteiger partial charge in [-0.2, -0.15) is 5.10 Å². The van der Waals surface area contributed by atoms with E-state index in [-0.39, 0.29) is 11.8 Å². The van der Waals surface area contributed by atoms with Crippen molar-refractivity contribution in [3.8, 4) is 34.6 Å².